The average Bonchev–Trinajstić information content (AvgIpc) is 2.51. The fourth-order valence-corrected chi connectivity index (χ4v) is 5.34. The van der Waals surface area contributed by atoms with Crippen molar-refractivity contribution < 1.29 is 23.9 Å². The van der Waals surface area contributed by atoms with Crippen LogP contribution >= 0.6 is 0 Å². The van der Waals surface area contributed by atoms with Crippen molar-refractivity contribution in [3.8, 4) is 0 Å². The van der Waals surface area contributed by atoms with Crippen molar-refractivity contribution >= 4 is 17.8 Å². The van der Waals surface area contributed by atoms with Gasteiger partial charge in [-0.15, -0.1) is 0 Å². The zero-order chi connectivity index (χ0) is 17.3. The van der Waals surface area contributed by atoms with Crippen LogP contribution in [0, 0.1) is 23.2 Å². The molecule has 4 rings (SSSR count). The summed E-state index contributed by atoms with van der Waals surface area (Å²) in [6.45, 7) is 3.64. The highest BCUT2D eigenvalue weighted by atomic mass is 16.6. The van der Waals surface area contributed by atoms with Crippen LogP contribution in [0.4, 0.5) is 0 Å². The molecule has 6 nitrogen and oxygen atoms in total. The first-order chi connectivity index (χ1) is 11.5. The number of ether oxygens (including phenoxy) is 2. The predicted molar refractivity (Wildman–Crippen MR) is 85.8 cm³/mol. The molecule has 0 radical (unpaired) electrons. The van der Waals surface area contributed by atoms with Crippen LogP contribution in [0.1, 0.15) is 52.4 Å². The van der Waals surface area contributed by atoms with Crippen molar-refractivity contribution in [3.05, 3.63) is 0 Å². The van der Waals surface area contributed by atoms with E-state index < -0.39 is 23.4 Å². The molecule has 134 valence electrons. The molecule has 4 aliphatic carbocycles. The van der Waals surface area contributed by atoms with Gasteiger partial charge in [0.15, 0.2) is 0 Å². The second-order valence-electron chi connectivity index (χ2n) is 7.61. The summed E-state index contributed by atoms with van der Waals surface area (Å²) in [5.74, 6) is 0.192. The molecule has 0 aromatic heterocycles. The zero-order valence-electron chi connectivity index (χ0n) is 14.5. The van der Waals surface area contributed by atoms with Gasteiger partial charge in [0.05, 0.1) is 13.2 Å². The van der Waals surface area contributed by atoms with Gasteiger partial charge in [-0.05, 0) is 70.1 Å². The first-order valence-electron chi connectivity index (χ1n) is 9.11. The molecule has 1 N–H and O–H groups in total. The molecule has 4 bridgehead atoms. The number of carbonyl (C=O) groups excluding carboxylic acids is 3. The quantitative estimate of drug-likeness (QED) is 0.590. The van der Waals surface area contributed by atoms with Gasteiger partial charge in [0.25, 0.3) is 0 Å². The van der Waals surface area contributed by atoms with E-state index in [1.807, 2.05) is 0 Å². The van der Waals surface area contributed by atoms with Gasteiger partial charge in [-0.3, -0.25) is 4.79 Å². The van der Waals surface area contributed by atoms with Crippen molar-refractivity contribution in [2.24, 2.45) is 23.2 Å². The van der Waals surface area contributed by atoms with Gasteiger partial charge in [0, 0.05) is 5.41 Å². The minimum Gasteiger partial charge on any atom is -0.464 e. The van der Waals surface area contributed by atoms with Gasteiger partial charge < -0.3 is 14.8 Å². The third-order valence-corrected chi connectivity index (χ3v) is 5.84. The number of rotatable bonds is 6. The summed E-state index contributed by atoms with van der Waals surface area (Å²) in [7, 11) is 0. The number of hydrogen-bond donors (Lipinski definition) is 1. The van der Waals surface area contributed by atoms with E-state index in [0.29, 0.717) is 17.8 Å². The number of amides is 1. The molecule has 0 aromatic rings. The normalized spacial score (nSPS) is 33.4. The summed E-state index contributed by atoms with van der Waals surface area (Å²) in [5.41, 5.74) is -0.411. The zero-order valence-corrected chi connectivity index (χ0v) is 14.5. The summed E-state index contributed by atoms with van der Waals surface area (Å²) in [4.78, 5) is 37.2. The highest BCUT2D eigenvalue weighted by Gasteiger charge is 2.55. The standard InChI is InChI=1S/C18H27NO5/c1-3-23-15(20)14(16(21)24-4-2)19-17(22)18-8-11-5-12(9-18)7-13(6-11)10-18/h11-14H,3-10H2,1-2H3,(H,19,22). The summed E-state index contributed by atoms with van der Waals surface area (Å²) >= 11 is 0. The molecule has 4 saturated carbocycles. The topological polar surface area (TPSA) is 81.7 Å². The van der Waals surface area contributed by atoms with Crippen LogP contribution in [-0.2, 0) is 23.9 Å². The summed E-state index contributed by atoms with van der Waals surface area (Å²) < 4.78 is 9.87. The Labute approximate surface area is 142 Å². The van der Waals surface area contributed by atoms with Crippen molar-refractivity contribution in [3.63, 3.8) is 0 Å². The number of nitrogens with one attached hydrogen (secondary N) is 1. The molecule has 4 fully saturated rings. The third-order valence-electron chi connectivity index (χ3n) is 5.84. The molecule has 4 aliphatic rings. The maximum absolute atomic E-state index is 13.0. The number of esters is 2. The molecule has 0 aliphatic heterocycles. The second-order valence-corrected chi connectivity index (χ2v) is 7.61. The Morgan fingerprint density at radius 1 is 0.917 bits per heavy atom. The lowest BCUT2D eigenvalue weighted by Crippen LogP contribution is -2.58. The fraction of sp³-hybridized carbons (Fsp3) is 0.833. The largest absolute Gasteiger partial charge is 0.464 e. The van der Waals surface area contributed by atoms with E-state index >= 15 is 0 Å². The van der Waals surface area contributed by atoms with E-state index in [1.165, 1.54) is 19.3 Å². The van der Waals surface area contributed by atoms with Crippen LogP contribution in [-0.4, -0.2) is 37.1 Å². The molecule has 6 heteroatoms. The minimum atomic E-state index is -1.36. The van der Waals surface area contributed by atoms with E-state index in [0.717, 1.165) is 19.3 Å². The van der Waals surface area contributed by atoms with Crippen molar-refractivity contribution in [2.45, 2.75) is 58.4 Å². The van der Waals surface area contributed by atoms with Gasteiger partial charge in [-0.25, -0.2) is 9.59 Å². The average molecular weight is 337 g/mol. The lowest BCUT2D eigenvalue weighted by molar-refractivity contribution is -0.163. The Morgan fingerprint density at radius 3 is 1.71 bits per heavy atom. The first-order valence-corrected chi connectivity index (χ1v) is 9.11. The van der Waals surface area contributed by atoms with Gasteiger partial charge in [-0.1, -0.05) is 0 Å². The van der Waals surface area contributed by atoms with Gasteiger partial charge in [-0.2, -0.15) is 0 Å². The van der Waals surface area contributed by atoms with Crippen LogP contribution in [0.5, 0.6) is 0 Å². The van der Waals surface area contributed by atoms with Crippen LogP contribution < -0.4 is 5.32 Å². The van der Waals surface area contributed by atoms with Crippen LogP contribution in [0.3, 0.4) is 0 Å². The molecule has 0 atom stereocenters. The Morgan fingerprint density at radius 2 is 1.33 bits per heavy atom. The maximum Gasteiger partial charge on any atom is 0.340 e. The van der Waals surface area contributed by atoms with E-state index in [9.17, 15) is 14.4 Å². The van der Waals surface area contributed by atoms with Crippen LogP contribution in [0.15, 0.2) is 0 Å². The number of carbonyl (C=O) groups is 3. The summed E-state index contributed by atoms with van der Waals surface area (Å²) in [5, 5.41) is 2.66. The molecule has 0 saturated heterocycles. The van der Waals surface area contributed by atoms with E-state index in [2.05, 4.69) is 5.32 Å². The highest BCUT2D eigenvalue weighted by Crippen LogP contribution is 2.60. The Bertz CT molecular complexity index is 476. The highest BCUT2D eigenvalue weighted by molar-refractivity contribution is 6.03. The Hall–Kier alpha value is -1.59. The first kappa shape index (κ1) is 17.2. The molecular formula is C18H27NO5. The Balaban J connectivity index is 1.73. The van der Waals surface area contributed by atoms with Gasteiger partial charge in [0.1, 0.15) is 0 Å². The molecule has 1 amide bonds. The van der Waals surface area contributed by atoms with E-state index in [1.54, 1.807) is 13.8 Å². The SMILES string of the molecule is CCOC(=O)C(NC(=O)C12CC3CC(CC(C3)C1)C2)C(=O)OCC. The number of hydrogen-bond acceptors (Lipinski definition) is 5. The molecule has 0 aromatic carbocycles. The molecule has 0 spiro atoms. The van der Waals surface area contributed by atoms with E-state index in [4.69, 9.17) is 9.47 Å². The van der Waals surface area contributed by atoms with Crippen molar-refractivity contribution in [1.82, 2.24) is 5.32 Å². The van der Waals surface area contributed by atoms with Gasteiger partial charge >= 0.3 is 11.9 Å². The molecule has 0 heterocycles. The van der Waals surface area contributed by atoms with Crippen LogP contribution in [0.2, 0.25) is 0 Å². The van der Waals surface area contributed by atoms with Crippen molar-refractivity contribution in [1.29, 1.82) is 0 Å². The fourth-order valence-electron chi connectivity index (χ4n) is 5.34. The molecule has 24 heavy (non-hydrogen) atoms. The summed E-state index contributed by atoms with van der Waals surface area (Å²) in [6.07, 6.45) is 6.32. The van der Waals surface area contributed by atoms with E-state index in [-0.39, 0.29) is 19.1 Å². The summed E-state index contributed by atoms with van der Waals surface area (Å²) in [6, 6.07) is -1.36. The molecule has 0 unspecified atom stereocenters. The van der Waals surface area contributed by atoms with Crippen molar-refractivity contribution in [2.75, 3.05) is 13.2 Å². The lowest BCUT2D eigenvalue weighted by Gasteiger charge is -2.55. The third kappa shape index (κ3) is 3.15. The lowest BCUT2D eigenvalue weighted by atomic mass is 9.49. The second kappa shape index (κ2) is 6.73. The predicted octanol–water partition coefficient (Wildman–Crippen LogP) is 1.81. The minimum absolute atomic E-state index is 0.155. The maximum atomic E-state index is 13.0. The molecular weight excluding hydrogens is 310 g/mol. The monoisotopic (exact) mass is 337 g/mol. The van der Waals surface area contributed by atoms with Crippen LogP contribution in [0.25, 0.3) is 0 Å². The Kier molecular flexibility index (Phi) is 4.83. The van der Waals surface area contributed by atoms with Gasteiger partial charge in [0.2, 0.25) is 11.9 Å². The smallest absolute Gasteiger partial charge is 0.340 e.